The van der Waals surface area contributed by atoms with Crippen LogP contribution in [0.2, 0.25) is 0 Å². The fraction of sp³-hybridized carbons (Fsp3) is 0.364. The van der Waals surface area contributed by atoms with Gasteiger partial charge < -0.3 is 5.11 Å². The van der Waals surface area contributed by atoms with Crippen LogP contribution in [0.15, 0.2) is 18.2 Å². The molecule has 6 heteroatoms. The third-order valence-electron chi connectivity index (χ3n) is 2.58. The molecule has 92 valence electrons. The van der Waals surface area contributed by atoms with E-state index in [2.05, 4.69) is 5.32 Å². The van der Waals surface area contributed by atoms with E-state index in [1.54, 1.807) is 0 Å². The number of nitrogens with one attached hydrogen (secondary N) is 1. The minimum Gasteiger partial charge on any atom is -0.480 e. The number of halogens is 2. The van der Waals surface area contributed by atoms with Crippen LogP contribution in [0, 0.1) is 11.6 Å². The molecule has 2 atom stereocenters. The first-order valence-corrected chi connectivity index (χ1v) is 6.18. The van der Waals surface area contributed by atoms with E-state index in [-0.39, 0.29) is 5.56 Å². The molecule has 1 aliphatic heterocycles. The highest BCUT2D eigenvalue weighted by molar-refractivity contribution is 7.99. The van der Waals surface area contributed by atoms with Crippen LogP contribution in [0.1, 0.15) is 17.4 Å². The van der Waals surface area contributed by atoms with Gasteiger partial charge in [0.05, 0.1) is 5.37 Å². The van der Waals surface area contributed by atoms with Gasteiger partial charge in [-0.3, -0.25) is 10.1 Å². The normalized spacial score (nSPS) is 24.6. The number of hydrogen-bond acceptors (Lipinski definition) is 3. The Morgan fingerprint density at radius 2 is 2.24 bits per heavy atom. The van der Waals surface area contributed by atoms with Crippen LogP contribution in [0.5, 0.6) is 0 Å². The summed E-state index contributed by atoms with van der Waals surface area (Å²) in [5.74, 6) is -1.42. The minimum atomic E-state index is -0.966. The fourth-order valence-corrected chi connectivity index (χ4v) is 2.94. The molecule has 0 bridgehead atoms. The molecule has 1 heterocycles. The van der Waals surface area contributed by atoms with Gasteiger partial charge >= 0.3 is 5.97 Å². The van der Waals surface area contributed by atoms with Gasteiger partial charge in [0, 0.05) is 5.56 Å². The Morgan fingerprint density at radius 1 is 1.47 bits per heavy atom. The molecule has 2 unspecified atom stereocenters. The molecule has 2 N–H and O–H groups in total. The summed E-state index contributed by atoms with van der Waals surface area (Å²) < 4.78 is 26.6. The Bertz CT molecular complexity index is 441. The van der Waals surface area contributed by atoms with Crippen molar-refractivity contribution < 1.29 is 18.7 Å². The van der Waals surface area contributed by atoms with Gasteiger partial charge in [0.2, 0.25) is 0 Å². The zero-order valence-electron chi connectivity index (χ0n) is 8.82. The Kier molecular flexibility index (Phi) is 3.63. The van der Waals surface area contributed by atoms with Gasteiger partial charge in [0.25, 0.3) is 0 Å². The number of carbonyl (C=O) groups is 1. The Balaban J connectivity index is 2.21. The maximum atomic E-state index is 13.5. The van der Waals surface area contributed by atoms with E-state index in [1.807, 2.05) is 0 Å². The second-order valence-electron chi connectivity index (χ2n) is 3.76. The van der Waals surface area contributed by atoms with Crippen molar-refractivity contribution in [2.24, 2.45) is 0 Å². The number of thioether (sulfide) groups is 1. The lowest BCUT2D eigenvalue weighted by Gasteiger charge is -2.28. The molecule has 0 saturated carbocycles. The summed E-state index contributed by atoms with van der Waals surface area (Å²) in [6, 6.07) is 2.49. The van der Waals surface area contributed by atoms with E-state index in [1.165, 1.54) is 11.8 Å². The first-order valence-electron chi connectivity index (χ1n) is 5.13. The molecule has 1 aliphatic rings. The summed E-state index contributed by atoms with van der Waals surface area (Å²) in [6.07, 6.45) is 0.480. The molecule has 0 amide bonds. The van der Waals surface area contributed by atoms with Crippen molar-refractivity contribution in [1.29, 1.82) is 0 Å². The number of hydrogen-bond donors (Lipinski definition) is 2. The summed E-state index contributed by atoms with van der Waals surface area (Å²) in [6.45, 7) is 0. The van der Waals surface area contributed by atoms with Crippen molar-refractivity contribution in [1.82, 2.24) is 5.32 Å². The summed E-state index contributed by atoms with van der Waals surface area (Å²) in [5, 5.41) is 11.2. The lowest BCUT2D eigenvalue weighted by Crippen LogP contribution is -2.42. The smallest absolute Gasteiger partial charge is 0.320 e. The van der Waals surface area contributed by atoms with Gasteiger partial charge in [0.15, 0.2) is 0 Å². The van der Waals surface area contributed by atoms with E-state index in [4.69, 9.17) is 5.11 Å². The Hall–Kier alpha value is -1.14. The summed E-state index contributed by atoms with van der Waals surface area (Å²) in [7, 11) is 0. The van der Waals surface area contributed by atoms with Crippen molar-refractivity contribution in [2.75, 3.05) is 5.75 Å². The molecular weight excluding hydrogens is 248 g/mol. The van der Waals surface area contributed by atoms with Crippen molar-refractivity contribution in [3.05, 3.63) is 35.4 Å². The summed E-state index contributed by atoms with van der Waals surface area (Å²) in [4.78, 5) is 10.8. The molecule has 1 fully saturated rings. The van der Waals surface area contributed by atoms with Crippen LogP contribution in [-0.4, -0.2) is 22.9 Å². The number of carboxylic acid groups (broad SMARTS) is 1. The number of carboxylic acids is 1. The topological polar surface area (TPSA) is 49.3 Å². The molecule has 2 rings (SSSR count). The monoisotopic (exact) mass is 259 g/mol. The molecule has 3 nitrogen and oxygen atoms in total. The molecule has 1 aromatic rings. The van der Waals surface area contributed by atoms with Crippen LogP contribution in [0.3, 0.4) is 0 Å². The fourth-order valence-electron chi connectivity index (χ4n) is 1.71. The van der Waals surface area contributed by atoms with Crippen LogP contribution in [0.25, 0.3) is 0 Å². The number of aliphatic carboxylic acids is 1. The van der Waals surface area contributed by atoms with E-state index in [0.717, 1.165) is 18.2 Å². The third kappa shape index (κ3) is 2.76. The molecule has 17 heavy (non-hydrogen) atoms. The quantitative estimate of drug-likeness (QED) is 0.854. The SMILES string of the molecule is O=C(O)C1CCSC(c2cc(F)ccc2F)N1. The van der Waals surface area contributed by atoms with Gasteiger partial charge in [-0.1, -0.05) is 0 Å². The molecule has 0 radical (unpaired) electrons. The van der Waals surface area contributed by atoms with E-state index in [0.29, 0.717) is 12.2 Å². The van der Waals surface area contributed by atoms with Gasteiger partial charge in [-0.25, -0.2) is 8.78 Å². The zero-order valence-corrected chi connectivity index (χ0v) is 9.64. The zero-order chi connectivity index (χ0) is 12.4. The van der Waals surface area contributed by atoms with Crippen LogP contribution < -0.4 is 5.32 Å². The van der Waals surface area contributed by atoms with Crippen molar-refractivity contribution in [3.63, 3.8) is 0 Å². The lowest BCUT2D eigenvalue weighted by molar-refractivity contribution is -0.139. The second-order valence-corrected chi connectivity index (χ2v) is 4.98. The highest BCUT2D eigenvalue weighted by Gasteiger charge is 2.28. The molecule has 1 aromatic carbocycles. The summed E-state index contributed by atoms with van der Waals surface area (Å²) >= 11 is 1.38. The highest BCUT2D eigenvalue weighted by atomic mass is 32.2. The van der Waals surface area contributed by atoms with Crippen LogP contribution in [0.4, 0.5) is 8.78 Å². The predicted molar refractivity (Wildman–Crippen MR) is 60.7 cm³/mol. The lowest BCUT2D eigenvalue weighted by atomic mass is 10.1. The van der Waals surface area contributed by atoms with Crippen molar-refractivity contribution in [2.45, 2.75) is 17.8 Å². The van der Waals surface area contributed by atoms with Gasteiger partial charge in [-0.15, -0.1) is 11.8 Å². The van der Waals surface area contributed by atoms with Crippen LogP contribution >= 0.6 is 11.8 Å². The largest absolute Gasteiger partial charge is 0.480 e. The predicted octanol–water partition coefficient (Wildman–Crippen LogP) is 2.14. The average molecular weight is 259 g/mol. The molecule has 1 saturated heterocycles. The van der Waals surface area contributed by atoms with Crippen molar-refractivity contribution in [3.8, 4) is 0 Å². The van der Waals surface area contributed by atoms with Crippen molar-refractivity contribution >= 4 is 17.7 Å². The number of rotatable bonds is 2. The third-order valence-corrected chi connectivity index (χ3v) is 3.78. The second kappa shape index (κ2) is 5.01. The van der Waals surface area contributed by atoms with E-state index >= 15 is 0 Å². The first-order chi connectivity index (χ1) is 8.08. The Morgan fingerprint density at radius 3 is 2.94 bits per heavy atom. The molecule has 0 aliphatic carbocycles. The maximum Gasteiger partial charge on any atom is 0.320 e. The standard InChI is InChI=1S/C11H11F2NO2S/c12-6-1-2-8(13)7(5-6)10-14-9(11(15)16)3-4-17-10/h1-2,5,9-10,14H,3-4H2,(H,15,16). The van der Waals surface area contributed by atoms with Crippen LogP contribution in [-0.2, 0) is 4.79 Å². The van der Waals surface area contributed by atoms with Gasteiger partial charge in [0.1, 0.15) is 17.7 Å². The maximum absolute atomic E-state index is 13.5. The molecule has 0 spiro atoms. The molecule has 0 aromatic heterocycles. The summed E-state index contributed by atoms with van der Waals surface area (Å²) in [5.41, 5.74) is 0.168. The van der Waals surface area contributed by atoms with E-state index in [9.17, 15) is 13.6 Å². The molecular formula is C11H11F2NO2S. The van der Waals surface area contributed by atoms with E-state index < -0.39 is 29.0 Å². The Labute approximate surface area is 101 Å². The first kappa shape index (κ1) is 12.3. The number of benzene rings is 1. The average Bonchev–Trinajstić information content (AvgIpc) is 2.32. The highest BCUT2D eigenvalue weighted by Crippen LogP contribution is 2.33. The van der Waals surface area contributed by atoms with Gasteiger partial charge in [-0.05, 0) is 30.4 Å². The van der Waals surface area contributed by atoms with Gasteiger partial charge in [-0.2, -0.15) is 0 Å². The minimum absolute atomic E-state index is 0.168.